The van der Waals surface area contributed by atoms with Crippen molar-refractivity contribution in [3.63, 3.8) is 0 Å². The number of hydrogen-bond donors (Lipinski definition) is 1. The molecule has 1 saturated carbocycles. The molecule has 1 aliphatic heterocycles. The third-order valence-electron chi connectivity index (χ3n) is 5.52. The van der Waals surface area contributed by atoms with Crippen molar-refractivity contribution in [2.75, 3.05) is 0 Å². The molecule has 2 aromatic rings. The maximum Gasteiger partial charge on any atom is 0.198 e. The molecule has 0 bridgehead atoms. The van der Waals surface area contributed by atoms with E-state index in [0.717, 1.165) is 22.9 Å². The lowest BCUT2D eigenvalue weighted by Crippen LogP contribution is -2.49. The maximum atomic E-state index is 13.3. The molecule has 4 nitrogen and oxygen atoms in total. The van der Waals surface area contributed by atoms with E-state index in [1.807, 2.05) is 24.3 Å². The quantitative estimate of drug-likeness (QED) is 0.491. The maximum absolute atomic E-state index is 13.3. The van der Waals surface area contributed by atoms with Crippen molar-refractivity contribution in [1.29, 1.82) is 0 Å². The van der Waals surface area contributed by atoms with Gasteiger partial charge in [0.1, 0.15) is 28.5 Å². The van der Waals surface area contributed by atoms with E-state index >= 15 is 0 Å². The van der Waals surface area contributed by atoms with Crippen LogP contribution < -0.4 is 4.74 Å². The molecule has 2 aliphatic rings. The molecule has 0 unspecified atom stereocenters. The van der Waals surface area contributed by atoms with E-state index in [4.69, 9.17) is 21.1 Å². The van der Waals surface area contributed by atoms with Crippen LogP contribution >= 0.6 is 27.5 Å². The summed E-state index contributed by atoms with van der Waals surface area (Å²) in [6.45, 7) is 7.02. The van der Waals surface area contributed by atoms with Crippen LogP contribution in [0.25, 0.3) is 5.57 Å². The molecule has 4 rings (SSSR count). The van der Waals surface area contributed by atoms with Crippen LogP contribution in [0.3, 0.4) is 0 Å². The first-order valence-electron chi connectivity index (χ1n) is 9.95. The van der Waals surface area contributed by atoms with Crippen molar-refractivity contribution in [2.24, 2.45) is 0 Å². The number of hydrogen-bond acceptors (Lipinski definition) is 4. The topological polar surface area (TPSA) is 55.8 Å². The Kier molecular flexibility index (Phi) is 5.28. The summed E-state index contributed by atoms with van der Waals surface area (Å²) >= 11 is 9.69. The number of benzene rings is 2. The first-order valence-corrected chi connectivity index (χ1v) is 11.1. The van der Waals surface area contributed by atoms with Gasteiger partial charge in [0.2, 0.25) is 0 Å². The lowest BCUT2D eigenvalue weighted by atomic mass is 9.81. The first kappa shape index (κ1) is 21.4. The summed E-state index contributed by atoms with van der Waals surface area (Å²) in [5.41, 5.74) is 0.0466. The summed E-state index contributed by atoms with van der Waals surface area (Å²) in [5, 5.41) is 11.5. The molecule has 1 fully saturated rings. The van der Waals surface area contributed by atoms with E-state index in [0.29, 0.717) is 33.6 Å². The molecule has 1 N–H and O–H groups in total. The van der Waals surface area contributed by atoms with Gasteiger partial charge in [-0.1, -0.05) is 33.6 Å². The minimum Gasteiger partial charge on any atom is -0.508 e. The van der Waals surface area contributed by atoms with Gasteiger partial charge in [-0.2, -0.15) is 0 Å². The van der Waals surface area contributed by atoms with Crippen molar-refractivity contribution in [3.05, 3.63) is 62.8 Å². The lowest BCUT2D eigenvalue weighted by Gasteiger charge is -2.40. The highest BCUT2D eigenvalue weighted by atomic mass is 79.9. The van der Waals surface area contributed by atoms with Gasteiger partial charge in [-0.25, -0.2) is 0 Å². The van der Waals surface area contributed by atoms with Crippen LogP contribution in [0.1, 0.15) is 57.6 Å². The van der Waals surface area contributed by atoms with Gasteiger partial charge in [0.05, 0.1) is 10.6 Å². The molecule has 30 heavy (non-hydrogen) atoms. The molecular formula is C24H24BrClO4. The molecular weight excluding hydrogens is 468 g/mol. The van der Waals surface area contributed by atoms with E-state index in [1.165, 1.54) is 0 Å². The smallest absolute Gasteiger partial charge is 0.198 e. The number of carbonyl (C=O) groups is 1. The van der Waals surface area contributed by atoms with Crippen LogP contribution in [0.2, 0.25) is 5.02 Å². The van der Waals surface area contributed by atoms with Crippen LogP contribution in [0, 0.1) is 0 Å². The zero-order valence-corrected chi connectivity index (χ0v) is 19.7. The van der Waals surface area contributed by atoms with E-state index in [9.17, 15) is 9.90 Å². The molecule has 2 aromatic carbocycles. The van der Waals surface area contributed by atoms with Crippen molar-refractivity contribution in [3.8, 4) is 11.5 Å². The van der Waals surface area contributed by atoms with Gasteiger partial charge in [0.25, 0.3) is 0 Å². The third kappa shape index (κ3) is 3.91. The van der Waals surface area contributed by atoms with E-state index < -0.39 is 11.2 Å². The van der Waals surface area contributed by atoms with Gasteiger partial charge in [-0.3, -0.25) is 4.79 Å². The van der Waals surface area contributed by atoms with E-state index in [2.05, 4.69) is 15.9 Å². The zero-order chi connectivity index (χ0) is 21.8. The average Bonchev–Trinajstić information content (AvgIpc) is 3.47. The molecule has 0 saturated heterocycles. The Hall–Kier alpha value is -1.82. The number of halogens is 2. The second-order valence-corrected chi connectivity index (χ2v) is 10.2. The Bertz CT molecular complexity index is 1070. The largest absolute Gasteiger partial charge is 0.508 e. The SMILES string of the molecule is CC1(C)OC(C)(C)C(O)=C(c2cc(Oc3ccc(Br)cc3Cl)ccc2C2CC2)C1=O. The van der Waals surface area contributed by atoms with Crippen molar-refractivity contribution in [1.82, 2.24) is 0 Å². The summed E-state index contributed by atoms with van der Waals surface area (Å²) in [4.78, 5) is 13.3. The fourth-order valence-corrected chi connectivity index (χ4v) is 4.65. The number of Topliss-reactive ketones (excluding diaryl/α,β-unsaturated/α-hetero) is 1. The van der Waals surface area contributed by atoms with Crippen LogP contribution in [0.15, 0.2) is 46.6 Å². The Balaban J connectivity index is 1.84. The molecule has 1 heterocycles. The van der Waals surface area contributed by atoms with Gasteiger partial charge in [0, 0.05) is 4.47 Å². The predicted molar refractivity (Wildman–Crippen MR) is 121 cm³/mol. The molecule has 158 valence electrons. The van der Waals surface area contributed by atoms with E-state index in [-0.39, 0.29) is 11.5 Å². The average molecular weight is 492 g/mol. The molecule has 0 atom stereocenters. The Morgan fingerprint density at radius 3 is 2.43 bits per heavy atom. The highest BCUT2D eigenvalue weighted by Crippen LogP contribution is 2.48. The third-order valence-corrected chi connectivity index (χ3v) is 6.31. The summed E-state index contributed by atoms with van der Waals surface area (Å²) in [6.07, 6.45) is 2.13. The standard InChI is InChI=1S/C24H24BrClO4/c1-23(2)21(27)20(22(28)24(3,4)30-23)17-12-15(8-9-16(17)13-5-6-13)29-19-10-7-14(25)11-18(19)26/h7-13,27H,5-6H2,1-4H3. The summed E-state index contributed by atoms with van der Waals surface area (Å²) in [6, 6.07) is 11.1. The number of ketones is 1. The molecule has 0 spiro atoms. The fraction of sp³-hybridized carbons (Fsp3) is 0.375. The van der Waals surface area contributed by atoms with E-state index in [1.54, 1.807) is 39.8 Å². The minimum atomic E-state index is -1.04. The molecule has 0 radical (unpaired) electrons. The minimum absolute atomic E-state index is 0.0486. The normalized spacial score (nSPS) is 20.4. The number of ether oxygens (including phenoxy) is 2. The second kappa shape index (κ2) is 7.40. The molecule has 0 amide bonds. The molecule has 6 heteroatoms. The molecule has 0 aromatic heterocycles. The number of carbonyl (C=O) groups excluding carboxylic acids is 1. The Morgan fingerprint density at radius 1 is 1.10 bits per heavy atom. The Labute approximate surface area is 190 Å². The highest BCUT2D eigenvalue weighted by molar-refractivity contribution is 9.10. The van der Waals surface area contributed by atoms with Gasteiger partial charge in [-0.05, 0) is 87.9 Å². The molecule has 1 aliphatic carbocycles. The summed E-state index contributed by atoms with van der Waals surface area (Å²) < 4.78 is 12.8. The summed E-state index contributed by atoms with van der Waals surface area (Å²) in [5.74, 6) is 1.16. The fourth-order valence-electron chi connectivity index (χ4n) is 3.94. The highest BCUT2D eigenvalue weighted by Gasteiger charge is 2.48. The first-order chi connectivity index (χ1) is 14.0. The monoisotopic (exact) mass is 490 g/mol. The number of rotatable bonds is 4. The zero-order valence-electron chi connectivity index (χ0n) is 17.4. The van der Waals surface area contributed by atoms with Crippen molar-refractivity contribution >= 4 is 38.9 Å². The summed E-state index contributed by atoms with van der Waals surface area (Å²) in [7, 11) is 0. The second-order valence-electron chi connectivity index (χ2n) is 8.88. The van der Waals surface area contributed by atoms with Crippen molar-refractivity contribution < 1.29 is 19.4 Å². The predicted octanol–water partition coefficient (Wildman–Crippen LogP) is 7.20. The number of aliphatic hydroxyl groups is 1. The van der Waals surface area contributed by atoms with Gasteiger partial charge >= 0.3 is 0 Å². The van der Waals surface area contributed by atoms with Gasteiger partial charge < -0.3 is 14.6 Å². The van der Waals surface area contributed by atoms with Gasteiger partial charge in [0.15, 0.2) is 5.78 Å². The van der Waals surface area contributed by atoms with Crippen LogP contribution in [-0.4, -0.2) is 22.1 Å². The number of aliphatic hydroxyl groups excluding tert-OH is 1. The van der Waals surface area contributed by atoms with Crippen molar-refractivity contribution in [2.45, 2.75) is 57.7 Å². The van der Waals surface area contributed by atoms with Crippen LogP contribution in [0.4, 0.5) is 0 Å². The van der Waals surface area contributed by atoms with Crippen LogP contribution in [-0.2, 0) is 9.53 Å². The Morgan fingerprint density at radius 2 is 1.80 bits per heavy atom. The van der Waals surface area contributed by atoms with Crippen LogP contribution in [0.5, 0.6) is 11.5 Å². The lowest BCUT2D eigenvalue weighted by molar-refractivity contribution is -0.158. The van der Waals surface area contributed by atoms with Gasteiger partial charge in [-0.15, -0.1) is 0 Å².